The first-order valence-corrected chi connectivity index (χ1v) is 5.18. The van der Waals surface area contributed by atoms with Crippen molar-refractivity contribution in [1.29, 1.82) is 0 Å². The van der Waals surface area contributed by atoms with Crippen molar-refractivity contribution >= 4 is 22.4 Å². The quantitative estimate of drug-likeness (QED) is 0.841. The fraction of sp³-hybridized carbons (Fsp3) is 0. The maximum atomic E-state index is 13.2. The Bertz CT molecular complexity index is 559. The molecule has 88 valence electrons. The maximum Gasteiger partial charge on any atom is 0.260 e. The van der Waals surface area contributed by atoms with Crippen LogP contribution in [0, 0.1) is 17.7 Å². The summed E-state index contributed by atoms with van der Waals surface area (Å²) in [5.74, 6) is -5.42. The van der Waals surface area contributed by atoms with Crippen LogP contribution in [0.2, 0.25) is 0 Å². The maximum absolute atomic E-state index is 13.2. The summed E-state index contributed by atoms with van der Waals surface area (Å²) in [6, 6.07) is 0.515. The average molecular weight is 259 g/mol. The standard InChI is InChI=1S/C9H4F3N3OS/c10-5-3-4(6(11)7(12)14-5)8(16)15-9-13-1-2-17-9/h1-3H,(H,13,15,16). The zero-order valence-corrected chi connectivity index (χ0v) is 8.89. The molecule has 2 rings (SSSR count). The van der Waals surface area contributed by atoms with Gasteiger partial charge in [-0.15, -0.1) is 11.3 Å². The van der Waals surface area contributed by atoms with E-state index in [1.807, 2.05) is 0 Å². The van der Waals surface area contributed by atoms with Gasteiger partial charge in [0.15, 0.2) is 10.9 Å². The van der Waals surface area contributed by atoms with Gasteiger partial charge in [0.1, 0.15) is 0 Å². The number of hydrogen-bond donors (Lipinski definition) is 1. The molecule has 0 radical (unpaired) electrons. The second-order valence-corrected chi connectivity index (χ2v) is 3.78. The smallest absolute Gasteiger partial charge is 0.260 e. The van der Waals surface area contributed by atoms with Crippen LogP contribution >= 0.6 is 11.3 Å². The van der Waals surface area contributed by atoms with Crippen molar-refractivity contribution in [1.82, 2.24) is 9.97 Å². The molecule has 4 nitrogen and oxygen atoms in total. The summed E-state index contributed by atoms with van der Waals surface area (Å²) in [4.78, 5) is 17.8. The molecule has 8 heteroatoms. The Labute approximate surface area is 97.1 Å². The van der Waals surface area contributed by atoms with Crippen molar-refractivity contribution in [2.75, 3.05) is 5.32 Å². The van der Waals surface area contributed by atoms with Gasteiger partial charge in [0.2, 0.25) is 5.95 Å². The van der Waals surface area contributed by atoms with Crippen LogP contribution in [-0.4, -0.2) is 15.9 Å². The zero-order chi connectivity index (χ0) is 12.4. The molecule has 2 heterocycles. The predicted octanol–water partition coefficient (Wildman–Crippen LogP) is 2.21. The third-order valence-electron chi connectivity index (χ3n) is 1.78. The van der Waals surface area contributed by atoms with E-state index in [-0.39, 0.29) is 5.13 Å². The van der Waals surface area contributed by atoms with Crippen LogP contribution in [0.15, 0.2) is 17.6 Å². The second kappa shape index (κ2) is 4.50. The number of amides is 1. The highest BCUT2D eigenvalue weighted by Gasteiger charge is 2.19. The topological polar surface area (TPSA) is 54.9 Å². The van der Waals surface area contributed by atoms with Gasteiger partial charge in [-0.1, -0.05) is 0 Å². The van der Waals surface area contributed by atoms with Crippen molar-refractivity contribution < 1.29 is 18.0 Å². The first-order chi connectivity index (χ1) is 8.08. The van der Waals surface area contributed by atoms with Gasteiger partial charge in [-0.2, -0.15) is 13.8 Å². The van der Waals surface area contributed by atoms with Crippen LogP contribution in [0.5, 0.6) is 0 Å². The lowest BCUT2D eigenvalue weighted by molar-refractivity contribution is 0.102. The summed E-state index contributed by atoms with van der Waals surface area (Å²) in [5.41, 5.74) is -0.759. The molecule has 17 heavy (non-hydrogen) atoms. The number of aromatic nitrogens is 2. The average Bonchev–Trinajstić information content (AvgIpc) is 2.76. The van der Waals surface area contributed by atoms with Gasteiger partial charge in [-0.25, -0.2) is 9.37 Å². The van der Waals surface area contributed by atoms with Crippen molar-refractivity contribution in [3.05, 3.63) is 40.9 Å². The van der Waals surface area contributed by atoms with E-state index >= 15 is 0 Å². The van der Waals surface area contributed by atoms with Crippen molar-refractivity contribution in [2.24, 2.45) is 0 Å². The fourth-order valence-electron chi connectivity index (χ4n) is 1.08. The lowest BCUT2D eigenvalue weighted by Crippen LogP contribution is -2.15. The summed E-state index contributed by atoms with van der Waals surface area (Å²) in [5, 5.41) is 3.98. The molecule has 2 aromatic heterocycles. The molecule has 0 aromatic carbocycles. The summed E-state index contributed by atoms with van der Waals surface area (Å²) in [7, 11) is 0. The molecule has 0 aliphatic carbocycles. The van der Waals surface area contributed by atoms with E-state index in [1.54, 1.807) is 5.38 Å². The summed E-state index contributed by atoms with van der Waals surface area (Å²) < 4.78 is 38.7. The van der Waals surface area contributed by atoms with Crippen LogP contribution in [0.4, 0.5) is 18.3 Å². The lowest BCUT2D eigenvalue weighted by atomic mass is 10.2. The van der Waals surface area contributed by atoms with Gasteiger partial charge < -0.3 is 0 Å². The van der Waals surface area contributed by atoms with E-state index in [0.29, 0.717) is 6.07 Å². The van der Waals surface area contributed by atoms with Gasteiger partial charge in [-0.3, -0.25) is 10.1 Å². The number of halogens is 3. The van der Waals surface area contributed by atoms with E-state index in [1.165, 1.54) is 6.20 Å². The van der Waals surface area contributed by atoms with Crippen molar-refractivity contribution in [3.8, 4) is 0 Å². The minimum absolute atomic E-state index is 0.201. The number of carbonyl (C=O) groups is 1. The zero-order valence-electron chi connectivity index (χ0n) is 8.08. The molecule has 0 aliphatic heterocycles. The third-order valence-corrected chi connectivity index (χ3v) is 2.47. The Morgan fingerprint density at radius 1 is 1.35 bits per heavy atom. The van der Waals surface area contributed by atoms with Gasteiger partial charge in [0.05, 0.1) is 5.56 Å². The molecule has 1 N–H and O–H groups in total. The van der Waals surface area contributed by atoms with E-state index < -0.39 is 29.2 Å². The molecule has 0 bridgehead atoms. The van der Waals surface area contributed by atoms with Gasteiger partial charge in [0.25, 0.3) is 11.9 Å². The van der Waals surface area contributed by atoms with Crippen LogP contribution in [0.1, 0.15) is 10.4 Å². The minimum atomic E-state index is -1.66. The molecular weight excluding hydrogens is 255 g/mol. The van der Waals surface area contributed by atoms with Crippen molar-refractivity contribution in [2.45, 2.75) is 0 Å². The number of nitrogens with zero attached hydrogens (tertiary/aromatic N) is 2. The number of thiazole rings is 1. The van der Waals surface area contributed by atoms with E-state index in [9.17, 15) is 18.0 Å². The first kappa shape index (κ1) is 11.5. The molecule has 0 unspecified atom stereocenters. The van der Waals surface area contributed by atoms with Crippen LogP contribution in [-0.2, 0) is 0 Å². The highest BCUT2D eigenvalue weighted by atomic mass is 32.1. The molecule has 0 spiro atoms. The Morgan fingerprint density at radius 3 is 2.76 bits per heavy atom. The van der Waals surface area contributed by atoms with Crippen molar-refractivity contribution in [3.63, 3.8) is 0 Å². The highest BCUT2D eigenvalue weighted by molar-refractivity contribution is 7.13. The van der Waals surface area contributed by atoms with E-state index in [0.717, 1.165) is 11.3 Å². The number of anilines is 1. The number of rotatable bonds is 2. The Morgan fingerprint density at radius 2 is 2.12 bits per heavy atom. The predicted molar refractivity (Wildman–Crippen MR) is 54.2 cm³/mol. The summed E-state index contributed by atoms with van der Waals surface area (Å²) >= 11 is 1.09. The van der Waals surface area contributed by atoms with E-state index in [2.05, 4.69) is 15.3 Å². The molecule has 0 atom stereocenters. The molecular formula is C9H4F3N3OS. The Kier molecular flexibility index (Phi) is 3.05. The third kappa shape index (κ3) is 2.41. The van der Waals surface area contributed by atoms with Gasteiger partial charge in [-0.05, 0) is 0 Å². The second-order valence-electron chi connectivity index (χ2n) is 2.89. The SMILES string of the molecule is O=C(Nc1nccs1)c1cc(F)nc(F)c1F. The molecule has 1 amide bonds. The minimum Gasteiger partial charge on any atom is -0.298 e. The number of pyridine rings is 1. The van der Waals surface area contributed by atoms with E-state index in [4.69, 9.17) is 0 Å². The Balaban J connectivity index is 2.31. The number of carbonyl (C=O) groups excluding carboxylic acids is 1. The molecule has 0 saturated heterocycles. The number of nitrogens with one attached hydrogen (secondary N) is 1. The monoisotopic (exact) mass is 259 g/mol. The Hall–Kier alpha value is -1.96. The first-order valence-electron chi connectivity index (χ1n) is 4.30. The molecule has 0 aliphatic rings. The van der Waals surface area contributed by atoms with Gasteiger partial charge in [0, 0.05) is 17.6 Å². The molecule has 0 fully saturated rings. The van der Waals surface area contributed by atoms with Gasteiger partial charge >= 0.3 is 0 Å². The molecule has 0 saturated carbocycles. The van der Waals surface area contributed by atoms with Crippen LogP contribution < -0.4 is 5.32 Å². The van der Waals surface area contributed by atoms with Crippen LogP contribution in [0.3, 0.4) is 0 Å². The summed E-state index contributed by atoms with van der Waals surface area (Å²) in [6.45, 7) is 0. The summed E-state index contributed by atoms with van der Waals surface area (Å²) in [6.07, 6.45) is 1.42. The molecule has 2 aromatic rings. The number of hydrogen-bond acceptors (Lipinski definition) is 4. The lowest BCUT2D eigenvalue weighted by Gasteiger charge is -2.03. The largest absolute Gasteiger partial charge is 0.298 e. The van der Waals surface area contributed by atoms with Crippen LogP contribution in [0.25, 0.3) is 0 Å². The fourth-order valence-corrected chi connectivity index (χ4v) is 1.61. The normalized spacial score (nSPS) is 10.3. The highest BCUT2D eigenvalue weighted by Crippen LogP contribution is 2.15.